The van der Waals surface area contributed by atoms with Gasteiger partial charge in [-0.05, 0) is 64.2 Å². The molecule has 2 N–H and O–H groups in total. The van der Waals surface area contributed by atoms with E-state index in [9.17, 15) is 14.9 Å². The molecule has 3 rings (SSSR count). The number of benzene rings is 1. The SMILES string of the molecule is CC[C@@H](NC(=O)OC(C)(C)C)C(=O)Nc1ccc(Oc2ccc(C#N)c(OCC3CC3)c2)nc1. The topological polar surface area (TPSA) is 123 Å². The predicted octanol–water partition coefficient (Wildman–Crippen LogP) is 4.78. The zero-order valence-corrected chi connectivity index (χ0v) is 19.9. The lowest BCUT2D eigenvalue weighted by Gasteiger charge is -2.22. The van der Waals surface area contributed by atoms with E-state index in [1.54, 1.807) is 58.0 Å². The van der Waals surface area contributed by atoms with Crippen LogP contribution in [-0.4, -0.2) is 35.2 Å². The summed E-state index contributed by atoms with van der Waals surface area (Å²) < 4.78 is 16.8. The Bertz CT molecular complexity index is 1050. The average Bonchev–Trinajstić information content (AvgIpc) is 3.61. The van der Waals surface area contributed by atoms with Crippen molar-refractivity contribution in [2.24, 2.45) is 5.92 Å². The lowest BCUT2D eigenvalue weighted by atomic mass is 10.2. The number of alkyl carbamates (subject to hydrolysis) is 1. The van der Waals surface area contributed by atoms with E-state index in [1.165, 1.54) is 6.20 Å². The highest BCUT2D eigenvalue weighted by Crippen LogP contribution is 2.32. The van der Waals surface area contributed by atoms with Gasteiger partial charge >= 0.3 is 6.09 Å². The molecular formula is C25H30N4O5. The molecule has 1 saturated carbocycles. The lowest BCUT2D eigenvalue weighted by molar-refractivity contribution is -0.118. The Morgan fingerprint density at radius 1 is 1.24 bits per heavy atom. The highest BCUT2D eigenvalue weighted by Gasteiger charge is 2.24. The molecule has 0 unspecified atom stereocenters. The minimum Gasteiger partial charge on any atom is -0.492 e. The maximum atomic E-state index is 12.6. The third kappa shape index (κ3) is 7.66. The van der Waals surface area contributed by atoms with Gasteiger partial charge in [-0.15, -0.1) is 0 Å². The van der Waals surface area contributed by atoms with E-state index in [-0.39, 0.29) is 5.91 Å². The lowest BCUT2D eigenvalue weighted by Crippen LogP contribution is -2.45. The van der Waals surface area contributed by atoms with Gasteiger partial charge in [-0.2, -0.15) is 5.26 Å². The maximum absolute atomic E-state index is 12.6. The molecule has 1 aromatic carbocycles. The summed E-state index contributed by atoms with van der Waals surface area (Å²) in [5, 5.41) is 14.6. The van der Waals surface area contributed by atoms with Crippen molar-refractivity contribution >= 4 is 17.7 Å². The fourth-order valence-corrected chi connectivity index (χ4v) is 2.94. The van der Waals surface area contributed by atoms with E-state index in [2.05, 4.69) is 21.7 Å². The average molecular weight is 467 g/mol. The van der Waals surface area contributed by atoms with Crippen LogP contribution < -0.4 is 20.1 Å². The molecule has 34 heavy (non-hydrogen) atoms. The van der Waals surface area contributed by atoms with Crippen LogP contribution >= 0.6 is 0 Å². The number of carbonyl (C=O) groups is 2. The molecule has 2 amide bonds. The van der Waals surface area contributed by atoms with Crippen LogP contribution in [0.2, 0.25) is 0 Å². The van der Waals surface area contributed by atoms with Crippen molar-refractivity contribution in [3.05, 3.63) is 42.1 Å². The first-order chi connectivity index (χ1) is 16.2. The van der Waals surface area contributed by atoms with Crippen LogP contribution in [-0.2, 0) is 9.53 Å². The molecule has 0 aliphatic heterocycles. The number of ether oxygens (including phenoxy) is 3. The van der Waals surface area contributed by atoms with Crippen LogP contribution in [0.3, 0.4) is 0 Å². The Labute approximate surface area is 199 Å². The summed E-state index contributed by atoms with van der Waals surface area (Å²) in [7, 11) is 0. The molecule has 0 bridgehead atoms. The first kappa shape index (κ1) is 24.8. The fraction of sp³-hybridized carbons (Fsp3) is 0.440. The second-order valence-electron chi connectivity index (χ2n) is 9.11. The molecule has 2 aromatic rings. The van der Waals surface area contributed by atoms with Gasteiger partial charge in [0.2, 0.25) is 11.8 Å². The number of amides is 2. The molecule has 1 aliphatic carbocycles. The van der Waals surface area contributed by atoms with Gasteiger partial charge in [-0.3, -0.25) is 4.79 Å². The van der Waals surface area contributed by atoms with E-state index in [4.69, 9.17) is 14.2 Å². The molecule has 0 radical (unpaired) electrons. The van der Waals surface area contributed by atoms with Gasteiger partial charge in [-0.1, -0.05) is 6.92 Å². The fourth-order valence-electron chi connectivity index (χ4n) is 2.94. The van der Waals surface area contributed by atoms with Crippen LogP contribution in [0.25, 0.3) is 0 Å². The second-order valence-corrected chi connectivity index (χ2v) is 9.11. The van der Waals surface area contributed by atoms with Gasteiger partial charge in [-0.25, -0.2) is 9.78 Å². The molecule has 0 spiro atoms. The van der Waals surface area contributed by atoms with Crippen LogP contribution in [0.5, 0.6) is 17.4 Å². The van der Waals surface area contributed by atoms with Crippen molar-refractivity contribution < 1.29 is 23.8 Å². The molecule has 1 aliphatic rings. The largest absolute Gasteiger partial charge is 0.492 e. The number of hydrogen-bond donors (Lipinski definition) is 2. The normalized spacial score (nSPS) is 13.9. The minimum absolute atomic E-state index is 0.315. The smallest absolute Gasteiger partial charge is 0.408 e. The Hall–Kier alpha value is -3.80. The quantitative estimate of drug-likeness (QED) is 0.545. The first-order valence-electron chi connectivity index (χ1n) is 11.3. The van der Waals surface area contributed by atoms with Gasteiger partial charge in [0.15, 0.2) is 0 Å². The molecule has 9 nitrogen and oxygen atoms in total. The predicted molar refractivity (Wildman–Crippen MR) is 126 cm³/mol. The van der Waals surface area contributed by atoms with E-state index in [0.29, 0.717) is 47.6 Å². The van der Waals surface area contributed by atoms with Gasteiger partial charge in [0.05, 0.1) is 24.1 Å². The molecule has 1 atom stereocenters. The van der Waals surface area contributed by atoms with Gasteiger partial charge < -0.3 is 24.8 Å². The summed E-state index contributed by atoms with van der Waals surface area (Å²) in [5.74, 6) is 1.47. The number of pyridine rings is 1. The standard InChI is InChI=1S/C25H30N4O5/c1-5-20(29-24(31)34-25(2,3)4)23(30)28-18-9-11-22(27-14-18)33-19-10-8-17(13-26)21(12-19)32-15-16-6-7-16/h8-12,14,16,20H,5-7,15H2,1-4H3,(H,28,30)(H,29,31)/t20-/m1/s1. The molecule has 1 fully saturated rings. The van der Waals surface area contributed by atoms with Gasteiger partial charge in [0, 0.05) is 12.1 Å². The number of aromatic nitrogens is 1. The highest BCUT2D eigenvalue weighted by molar-refractivity contribution is 5.96. The molecule has 1 heterocycles. The Kier molecular flexibility index (Phi) is 7.95. The van der Waals surface area contributed by atoms with Crippen LogP contribution in [0.4, 0.5) is 10.5 Å². The summed E-state index contributed by atoms with van der Waals surface area (Å²) in [6.07, 6.45) is 3.51. The van der Waals surface area contributed by atoms with Crippen molar-refractivity contribution in [1.29, 1.82) is 5.26 Å². The molecule has 9 heteroatoms. The Balaban J connectivity index is 1.58. The number of nitrogens with zero attached hydrogens (tertiary/aromatic N) is 2. The number of nitriles is 1. The number of carbonyl (C=O) groups excluding carboxylic acids is 2. The zero-order chi connectivity index (χ0) is 24.7. The highest BCUT2D eigenvalue weighted by atomic mass is 16.6. The minimum atomic E-state index is -0.751. The number of hydrogen-bond acceptors (Lipinski definition) is 7. The first-order valence-corrected chi connectivity index (χ1v) is 11.3. The Morgan fingerprint density at radius 2 is 2.00 bits per heavy atom. The second kappa shape index (κ2) is 10.9. The number of rotatable bonds is 9. The number of anilines is 1. The van der Waals surface area contributed by atoms with Crippen molar-refractivity contribution in [2.45, 2.75) is 58.6 Å². The summed E-state index contributed by atoms with van der Waals surface area (Å²) in [6, 6.07) is 9.63. The van der Waals surface area contributed by atoms with Crippen LogP contribution in [0.15, 0.2) is 36.5 Å². The van der Waals surface area contributed by atoms with Crippen LogP contribution in [0, 0.1) is 17.2 Å². The van der Waals surface area contributed by atoms with Gasteiger partial charge in [0.25, 0.3) is 0 Å². The molecule has 1 aromatic heterocycles. The van der Waals surface area contributed by atoms with E-state index in [0.717, 1.165) is 12.8 Å². The number of nitrogens with one attached hydrogen (secondary N) is 2. The van der Waals surface area contributed by atoms with Crippen LogP contribution in [0.1, 0.15) is 52.5 Å². The third-order valence-corrected chi connectivity index (χ3v) is 4.89. The van der Waals surface area contributed by atoms with Crippen molar-refractivity contribution in [3.63, 3.8) is 0 Å². The Morgan fingerprint density at radius 3 is 2.59 bits per heavy atom. The van der Waals surface area contributed by atoms with Crippen molar-refractivity contribution in [3.8, 4) is 23.4 Å². The van der Waals surface area contributed by atoms with E-state index >= 15 is 0 Å². The maximum Gasteiger partial charge on any atom is 0.408 e. The van der Waals surface area contributed by atoms with Gasteiger partial charge in [0.1, 0.15) is 29.2 Å². The molecule has 0 saturated heterocycles. The summed E-state index contributed by atoms with van der Waals surface area (Å²) >= 11 is 0. The third-order valence-electron chi connectivity index (χ3n) is 4.89. The summed E-state index contributed by atoms with van der Waals surface area (Å²) in [5.41, 5.74) is 0.247. The summed E-state index contributed by atoms with van der Waals surface area (Å²) in [4.78, 5) is 28.8. The molecular weight excluding hydrogens is 436 g/mol. The van der Waals surface area contributed by atoms with E-state index < -0.39 is 17.7 Å². The molecule has 180 valence electrons. The van der Waals surface area contributed by atoms with E-state index in [1.807, 2.05) is 0 Å². The summed E-state index contributed by atoms with van der Waals surface area (Å²) in [6.45, 7) is 7.64. The zero-order valence-electron chi connectivity index (χ0n) is 19.9. The van der Waals surface area contributed by atoms with Crippen molar-refractivity contribution in [2.75, 3.05) is 11.9 Å². The van der Waals surface area contributed by atoms with Crippen molar-refractivity contribution in [1.82, 2.24) is 10.3 Å². The monoisotopic (exact) mass is 466 g/mol.